The molecule has 0 aromatic heterocycles. The molecule has 6 heteroatoms. The number of carbonyl (C=O) groups excluding carboxylic acids is 1. The van der Waals surface area contributed by atoms with Gasteiger partial charge in [-0.15, -0.1) is 0 Å². The van der Waals surface area contributed by atoms with Crippen LogP contribution in [0.3, 0.4) is 0 Å². The highest BCUT2D eigenvalue weighted by atomic mass is 19.1. The molecule has 1 amide bonds. The van der Waals surface area contributed by atoms with E-state index in [4.69, 9.17) is 5.73 Å². The molecule has 0 bridgehead atoms. The van der Waals surface area contributed by atoms with Gasteiger partial charge in [0.15, 0.2) is 0 Å². The van der Waals surface area contributed by atoms with E-state index in [9.17, 15) is 13.6 Å². The molecule has 0 atom stereocenters. The number of nitrogen functional groups attached to an aromatic ring is 1. The lowest BCUT2D eigenvalue weighted by molar-refractivity contribution is 0.0963. The first-order chi connectivity index (χ1) is 9.06. The van der Waals surface area contributed by atoms with E-state index in [0.29, 0.717) is 5.69 Å². The molecule has 0 saturated carbocycles. The molecular weight excluding hydrogens is 252 g/mol. The van der Waals surface area contributed by atoms with Crippen LogP contribution in [0.25, 0.3) is 0 Å². The zero-order valence-corrected chi connectivity index (χ0v) is 9.78. The van der Waals surface area contributed by atoms with Gasteiger partial charge in [0.2, 0.25) is 0 Å². The number of hydrazine groups is 1. The van der Waals surface area contributed by atoms with Crippen molar-refractivity contribution in [2.45, 2.75) is 0 Å². The molecule has 0 unspecified atom stereocenters. The Hall–Kier alpha value is -2.63. The monoisotopic (exact) mass is 263 g/mol. The molecule has 0 spiro atoms. The Morgan fingerprint density at radius 1 is 1.05 bits per heavy atom. The molecule has 0 aliphatic heterocycles. The van der Waals surface area contributed by atoms with Gasteiger partial charge in [-0.25, -0.2) is 8.78 Å². The molecule has 0 aliphatic rings. The third-order valence-electron chi connectivity index (χ3n) is 2.39. The zero-order valence-electron chi connectivity index (χ0n) is 9.78. The van der Waals surface area contributed by atoms with Gasteiger partial charge in [0.1, 0.15) is 11.6 Å². The van der Waals surface area contributed by atoms with Crippen LogP contribution >= 0.6 is 0 Å². The molecule has 0 radical (unpaired) electrons. The Balaban J connectivity index is 2.07. The van der Waals surface area contributed by atoms with Crippen LogP contribution in [0, 0.1) is 11.6 Å². The number of halogens is 2. The van der Waals surface area contributed by atoms with Crippen molar-refractivity contribution in [2.75, 3.05) is 11.2 Å². The number of nitrogens with two attached hydrogens (primary N) is 1. The highest BCUT2D eigenvalue weighted by molar-refractivity contribution is 5.99. The summed E-state index contributed by atoms with van der Waals surface area (Å²) in [7, 11) is 0. The Labute approximate surface area is 108 Å². The summed E-state index contributed by atoms with van der Waals surface area (Å²) < 4.78 is 25.9. The molecule has 19 heavy (non-hydrogen) atoms. The minimum absolute atomic E-state index is 0.0975. The SMILES string of the molecule is Nc1ccccc1C(=O)NNc1cc(F)cc(F)c1. The Kier molecular flexibility index (Phi) is 3.61. The van der Waals surface area contributed by atoms with Crippen LogP contribution in [-0.4, -0.2) is 5.91 Å². The molecule has 0 heterocycles. The number of anilines is 2. The average Bonchev–Trinajstić information content (AvgIpc) is 2.35. The lowest BCUT2D eigenvalue weighted by atomic mass is 10.2. The fourth-order valence-corrected chi connectivity index (χ4v) is 1.53. The van der Waals surface area contributed by atoms with E-state index in [1.165, 1.54) is 0 Å². The van der Waals surface area contributed by atoms with Crippen molar-refractivity contribution in [1.29, 1.82) is 0 Å². The Morgan fingerprint density at radius 2 is 1.68 bits per heavy atom. The molecule has 0 saturated heterocycles. The maximum atomic E-state index is 12.9. The number of carbonyl (C=O) groups is 1. The van der Waals surface area contributed by atoms with Gasteiger partial charge < -0.3 is 5.73 Å². The molecule has 0 fully saturated rings. The number of hydrogen-bond acceptors (Lipinski definition) is 3. The van der Waals surface area contributed by atoms with Crippen LogP contribution in [0.1, 0.15) is 10.4 Å². The van der Waals surface area contributed by atoms with Gasteiger partial charge in [0.25, 0.3) is 5.91 Å². The summed E-state index contributed by atoms with van der Waals surface area (Å²) in [5.74, 6) is -1.98. The average molecular weight is 263 g/mol. The molecule has 2 aromatic rings. The third-order valence-corrected chi connectivity index (χ3v) is 2.39. The Bertz CT molecular complexity index is 596. The quantitative estimate of drug-likeness (QED) is 0.588. The summed E-state index contributed by atoms with van der Waals surface area (Å²) in [6, 6.07) is 9.32. The number of amides is 1. The van der Waals surface area contributed by atoms with Crippen molar-refractivity contribution in [2.24, 2.45) is 0 Å². The normalized spacial score (nSPS) is 10.0. The largest absolute Gasteiger partial charge is 0.398 e. The summed E-state index contributed by atoms with van der Waals surface area (Å²) >= 11 is 0. The van der Waals surface area contributed by atoms with Crippen LogP contribution in [0.5, 0.6) is 0 Å². The molecule has 98 valence electrons. The standard InChI is InChI=1S/C13H11F2N3O/c14-8-5-9(15)7-10(6-8)17-18-13(19)11-3-1-2-4-12(11)16/h1-7,17H,16H2,(H,18,19). The maximum Gasteiger partial charge on any atom is 0.271 e. The van der Waals surface area contributed by atoms with E-state index < -0.39 is 17.5 Å². The predicted molar refractivity (Wildman–Crippen MR) is 68.3 cm³/mol. The van der Waals surface area contributed by atoms with Crippen molar-refractivity contribution < 1.29 is 13.6 Å². The number of rotatable bonds is 3. The van der Waals surface area contributed by atoms with Crippen molar-refractivity contribution >= 4 is 17.3 Å². The van der Waals surface area contributed by atoms with E-state index >= 15 is 0 Å². The first-order valence-electron chi connectivity index (χ1n) is 5.43. The summed E-state index contributed by atoms with van der Waals surface area (Å²) in [6.07, 6.45) is 0. The second kappa shape index (κ2) is 5.34. The van der Waals surface area contributed by atoms with Gasteiger partial charge >= 0.3 is 0 Å². The zero-order chi connectivity index (χ0) is 13.8. The van der Waals surface area contributed by atoms with Crippen molar-refractivity contribution in [3.63, 3.8) is 0 Å². The molecule has 2 rings (SSSR count). The number of hydrogen-bond donors (Lipinski definition) is 3. The minimum atomic E-state index is -0.740. The summed E-state index contributed by atoms with van der Waals surface area (Å²) in [5, 5.41) is 0. The predicted octanol–water partition coefficient (Wildman–Crippen LogP) is 2.30. The summed E-state index contributed by atoms with van der Waals surface area (Å²) in [4.78, 5) is 11.8. The topological polar surface area (TPSA) is 67.2 Å². The van der Waals surface area contributed by atoms with Crippen LogP contribution in [-0.2, 0) is 0 Å². The van der Waals surface area contributed by atoms with E-state index in [-0.39, 0.29) is 11.3 Å². The van der Waals surface area contributed by atoms with Gasteiger partial charge in [-0.2, -0.15) is 0 Å². The van der Waals surface area contributed by atoms with Crippen LogP contribution in [0.4, 0.5) is 20.2 Å². The molecular formula is C13H11F2N3O. The van der Waals surface area contributed by atoms with Gasteiger partial charge in [0.05, 0.1) is 11.3 Å². The van der Waals surface area contributed by atoms with Gasteiger partial charge in [0, 0.05) is 11.8 Å². The number of nitrogens with one attached hydrogen (secondary N) is 2. The fraction of sp³-hybridized carbons (Fsp3) is 0. The van der Waals surface area contributed by atoms with Crippen molar-refractivity contribution in [3.05, 3.63) is 59.7 Å². The van der Waals surface area contributed by atoms with Gasteiger partial charge in [-0.3, -0.25) is 15.6 Å². The lowest BCUT2D eigenvalue weighted by Gasteiger charge is -2.10. The van der Waals surface area contributed by atoms with E-state index in [2.05, 4.69) is 10.9 Å². The van der Waals surface area contributed by atoms with Gasteiger partial charge in [-0.1, -0.05) is 12.1 Å². The molecule has 4 N–H and O–H groups in total. The van der Waals surface area contributed by atoms with E-state index in [1.54, 1.807) is 24.3 Å². The first kappa shape index (κ1) is 12.8. The Morgan fingerprint density at radius 3 is 2.32 bits per heavy atom. The highest BCUT2D eigenvalue weighted by Gasteiger charge is 2.08. The maximum absolute atomic E-state index is 12.9. The molecule has 4 nitrogen and oxygen atoms in total. The van der Waals surface area contributed by atoms with Crippen molar-refractivity contribution in [3.8, 4) is 0 Å². The van der Waals surface area contributed by atoms with E-state index in [1.807, 2.05) is 0 Å². The second-order valence-corrected chi connectivity index (χ2v) is 3.82. The van der Waals surface area contributed by atoms with Crippen molar-refractivity contribution in [1.82, 2.24) is 5.43 Å². The third kappa shape index (κ3) is 3.19. The minimum Gasteiger partial charge on any atom is -0.398 e. The lowest BCUT2D eigenvalue weighted by Crippen LogP contribution is -2.30. The number of para-hydroxylation sites is 1. The smallest absolute Gasteiger partial charge is 0.271 e. The summed E-state index contributed by atoms with van der Waals surface area (Å²) in [5.41, 5.74) is 11.0. The highest BCUT2D eigenvalue weighted by Crippen LogP contribution is 2.13. The summed E-state index contributed by atoms with van der Waals surface area (Å²) in [6.45, 7) is 0. The molecule has 0 aliphatic carbocycles. The van der Waals surface area contributed by atoms with Crippen LogP contribution in [0.15, 0.2) is 42.5 Å². The van der Waals surface area contributed by atoms with Crippen LogP contribution in [0.2, 0.25) is 0 Å². The van der Waals surface area contributed by atoms with E-state index in [0.717, 1.165) is 18.2 Å². The number of benzene rings is 2. The fourth-order valence-electron chi connectivity index (χ4n) is 1.53. The second-order valence-electron chi connectivity index (χ2n) is 3.82. The van der Waals surface area contributed by atoms with Gasteiger partial charge in [-0.05, 0) is 24.3 Å². The van der Waals surface area contributed by atoms with Crippen LogP contribution < -0.4 is 16.6 Å². The molecule has 2 aromatic carbocycles. The first-order valence-corrected chi connectivity index (χ1v) is 5.43.